The number of piperidine rings is 2. The summed E-state index contributed by atoms with van der Waals surface area (Å²) in [7, 11) is 0. The van der Waals surface area contributed by atoms with E-state index >= 15 is 0 Å². The van der Waals surface area contributed by atoms with E-state index in [4.69, 9.17) is 4.74 Å². The maximum atomic E-state index is 5.90. The zero-order valence-corrected chi connectivity index (χ0v) is 9.63. The predicted octanol–water partition coefficient (Wildman–Crippen LogP) is 1.14. The summed E-state index contributed by atoms with van der Waals surface area (Å²) in [6.07, 6.45) is 6.97. The Hall–Kier alpha value is -0.120. The molecule has 3 heteroatoms. The van der Waals surface area contributed by atoms with Crippen LogP contribution in [0.4, 0.5) is 0 Å². The van der Waals surface area contributed by atoms with Gasteiger partial charge in [0.1, 0.15) is 0 Å². The molecule has 2 N–H and O–H groups in total. The minimum atomic E-state index is 0.482. The van der Waals surface area contributed by atoms with E-state index in [-0.39, 0.29) is 0 Å². The molecule has 2 atom stereocenters. The smallest absolute Gasteiger partial charge is 0.0699 e. The molecule has 88 valence electrons. The molecule has 2 aliphatic rings. The van der Waals surface area contributed by atoms with Crippen molar-refractivity contribution < 1.29 is 4.74 Å². The van der Waals surface area contributed by atoms with Gasteiger partial charge < -0.3 is 15.4 Å². The third-order valence-electron chi connectivity index (χ3n) is 3.53. The lowest BCUT2D eigenvalue weighted by Gasteiger charge is -2.26. The second kappa shape index (κ2) is 6.46. The van der Waals surface area contributed by atoms with Crippen LogP contribution in [0.15, 0.2) is 0 Å². The van der Waals surface area contributed by atoms with Gasteiger partial charge in [0, 0.05) is 13.2 Å². The molecule has 0 aromatic heterocycles. The summed E-state index contributed by atoms with van der Waals surface area (Å²) in [5, 5.41) is 6.84. The fourth-order valence-electron chi connectivity index (χ4n) is 2.53. The Morgan fingerprint density at radius 2 is 1.80 bits per heavy atom. The fourth-order valence-corrected chi connectivity index (χ4v) is 2.53. The van der Waals surface area contributed by atoms with Gasteiger partial charge >= 0.3 is 0 Å². The second-order valence-electron chi connectivity index (χ2n) is 4.84. The first kappa shape index (κ1) is 11.4. The fraction of sp³-hybridized carbons (Fsp3) is 1.00. The molecule has 0 aromatic carbocycles. The van der Waals surface area contributed by atoms with E-state index in [9.17, 15) is 0 Å². The highest BCUT2D eigenvalue weighted by Crippen LogP contribution is 2.15. The van der Waals surface area contributed by atoms with Gasteiger partial charge in [-0.3, -0.25) is 0 Å². The molecule has 0 radical (unpaired) electrons. The summed E-state index contributed by atoms with van der Waals surface area (Å²) in [6.45, 7) is 5.60. The van der Waals surface area contributed by atoms with E-state index in [1.807, 2.05) is 0 Å². The average molecular weight is 212 g/mol. The van der Waals surface area contributed by atoms with Crippen LogP contribution in [0.25, 0.3) is 0 Å². The molecular formula is C12H24N2O. The predicted molar refractivity (Wildman–Crippen MR) is 62.1 cm³/mol. The topological polar surface area (TPSA) is 33.3 Å². The zero-order valence-electron chi connectivity index (χ0n) is 9.63. The van der Waals surface area contributed by atoms with Crippen LogP contribution in [0.1, 0.15) is 32.1 Å². The SMILES string of the molecule is C1CNCC(CCOC2CCCNC2)C1. The quantitative estimate of drug-likeness (QED) is 0.733. The lowest BCUT2D eigenvalue weighted by molar-refractivity contribution is 0.0280. The van der Waals surface area contributed by atoms with Gasteiger partial charge in [0.2, 0.25) is 0 Å². The molecule has 2 rings (SSSR count). The molecule has 2 saturated heterocycles. The minimum absolute atomic E-state index is 0.482. The third-order valence-corrected chi connectivity index (χ3v) is 3.53. The zero-order chi connectivity index (χ0) is 10.3. The van der Waals surface area contributed by atoms with Gasteiger partial charge in [-0.05, 0) is 57.7 Å². The third kappa shape index (κ3) is 4.09. The Morgan fingerprint density at radius 1 is 1.00 bits per heavy atom. The van der Waals surface area contributed by atoms with E-state index in [2.05, 4.69) is 10.6 Å². The van der Waals surface area contributed by atoms with Crippen molar-refractivity contribution in [2.45, 2.75) is 38.2 Å². The van der Waals surface area contributed by atoms with E-state index in [0.29, 0.717) is 6.10 Å². The van der Waals surface area contributed by atoms with Crippen molar-refractivity contribution in [3.8, 4) is 0 Å². The van der Waals surface area contributed by atoms with Crippen LogP contribution in [0.5, 0.6) is 0 Å². The first-order valence-electron chi connectivity index (χ1n) is 6.48. The number of rotatable bonds is 4. The lowest BCUT2D eigenvalue weighted by atomic mass is 9.97. The lowest BCUT2D eigenvalue weighted by Crippen LogP contribution is -2.36. The minimum Gasteiger partial charge on any atom is -0.377 e. The van der Waals surface area contributed by atoms with Crippen LogP contribution >= 0.6 is 0 Å². The van der Waals surface area contributed by atoms with Gasteiger partial charge in [-0.25, -0.2) is 0 Å². The molecule has 3 nitrogen and oxygen atoms in total. The van der Waals surface area contributed by atoms with E-state index < -0.39 is 0 Å². The Morgan fingerprint density at radius 3 is 2.47 bits per heavy atom. The summed E-state index contributed by atoms with van der Waals surface area (Å²) < 4.78 is 5.90. The van der Waals surface area contributed by atoms with Gasteiger partial charge in [0.15, 0.2) is 0 Å². The highest BCUT2D eigenvalue weighted by atomic mass is 16.5. The molecule has 2 unspecified atom stereocenters. The Bertz CT molecular complexity index is 145. The maximum Gasteiger partial charge on any atom is 0.0699 e. The molecule has 0 bridgehead atoms. The normalized spacial score (nSPS) is 32.8. The van der Waals surface area contributed by atoms with Crippen molar-refractivity contribution in [1.29, 1.82) is 0 Å². The van der Waals surface area contributed by atoms with Gasteiger partial charge in [-0.1, -0.05) is 0 Å². The summed E-state index contributed by atoms with van der Waals surface area (Å²) in [6, 6.07) is 0. The Kier molecular flexibility index (Phi) is 4.90. The van der Waals surface area contributed by atoms with Crippen LogP contribution in [-0.4, -0.2) is 38.9 Å². The second-order valence-corrected chi connectivity index (χ2v) is 4.84. The molecular weight excluding hydrogens is 188 g/mol. The van der Waals surface area contributed by atoms with Crippen LogP contribution in [0.3, 0.4) is 0 Å². The molecule has 0 spiro atoms. The summed E-state index contributed by atoms with van der Waals surface area (Å²) in [4.78, 5) is 0. The van der Waals surface area contributed by atoms with Crippen molar-refractivity contribution >= 4 is 0 Å². The summed E-state index contributed by atoms with van der Waals surface area (Å²) >= 11 is 0. The number of hydrogen-bond donors (Lipinski definition) is 2. The van der Waals surface area contributed by atoms with Crippen LogP contribution in [0, 0.1) is 5.92 Å². The van der Waals surface area contributed by atoms with Gasteiger partial charge in [-0.2, -0.15) is 0 Å². The highest BCUT2D eigenvalue weighted by Gasteiger charge is 2.15. The monoisotopic (exact) mass is 212 g/mol. The molecule has 0 amide bonds. The molecule has 15 heavy (non-hydrogen) atoms. The Labute approximate surface area is 93.0 Å². The maximum absolute atomic E-state index is 5.90. The van der Waals surface area contributed by atoms with Gasteiger partial charge in [-0.15, -0.1) is 0 Å². The number of ether oxygens (including phenoxy) is 1. The Balaban J connectivity index is 1.53. The van der Waals surface area contributed by atoms with Crippen molar-refractivity contribution in [2.75, 3.05) is 32.8 Å². The standard InChI is InChI=1S/C12H24N2O/c1-3-11(9-13-6-1)5-8-15-12-4-2-7-14-10-12/h11-14H,1-10H2. The average Bonchev–Trinajstić information content (AvgIpc) is 2.32. The highest BCUT2D eigenvalue weighted by molar-refractivity contribution is 4.71. The van der Waals surface area contributed by atoms with Crippen LogP contribution in [-0.2, 0) is 4.74 Å². The molecule has 2 aliphatic heterocycles. The van der Waals surface area contributed by atoms with Crippen LogP contribution in [0.2, 0.25) is 0 Å². The molecule has 2 fully saturated rings. The van der Waals surface area contributed by atoms with Crippen LogP contribution < -0.4 is 10.6 Å². The number of hydrogen-bond acceptors (Lipinski definition) is 3. The summed E-state index contributed by atoms with van der Waals surface area (Å²) in [5.74, 6) is 0.857. The molecule has 0 aliphatic carbocycles. The van der Waals surface area contributed by atoms with Gasteiger partial charge in [0.25, 0.3) is 0 Å². The van der Waals surface area contributed by atoms with Crippen molar-refractivity contribution in [3.05, 3.63) is 0 Å². The summed E-state index contributed by atoms with van der Waals surface area (Å²) in [5.41, 5.74) is 0. The number of nitrogens with one attached hydrogen (secondary N) is 2. The molecule has 0 saturated carbocycles. The first-order chi connectivity index (χ1) is 7.45. The first-order valence-corrected chi connectivity index (χ1v) is 6.48. The van der Waals surface area contributed by atoms with Crippen molar-refractivity contribution in [2.24, 2.45) is 5.92 Å². The molecule has 2 heterocycles. The molecule has 0 aromatic rings. The van der Waals surface area contributed by atoms with E-state index in [1.54, 1.807) is 0 Å². The van der Waals surface area contributed by atoms with E-state index in [1.165, 1.54) is 51.7 Å². The van der Waals surface area contributed by atoms with Crippen molar-refractivity contribution in [1.82, 2.24) is 10.6 Å². The van der Waals surface area contributed by atoms with E-state index in [0.717, 1.165) is 19.1 Å². The largest absolute Gasteiger partial charge is 0.377 e. The van der Waals surface area contributed by atoms with Gasteiger partial charge in [0.05, 0.1) is 6.10 Å². The van der Waals surface area contributed by atoms with Crippen molar-refractivity contribution in [3.63, 3.8) is 0 Å².